The third-order valence-electron chi connectivity index (χ3n) is 6.31. The van der Waals surface area contributed by atoms with Crippen molar-refractivity contribution in [2.24, 2.45) is 4.99 Å². The van der Waals surface area contributed by atoms with Crippen LogP contribution in [0.3, 0.4) is 0 Å². The maximum Gasteiger partial charge on any atom is 0.338 e. The van der Waals surface area contributed by atoms with Gasteiger partial charge in [0.15, 0.2) is 16.3 Å². The van der Waals surface area contributed by atoms with Crippen molar-refractivity contribution >= 4 is 29.1 Å². The molecule has 2 aliphatic heterocycles. The third-order valence-corrected chi connectivity index (χ3v) is 7.29. The van der Waals surface area contributed by atoms with Crippen LogP contribution in [0.5, 0.6) is 17.2 Å². The Bertz CT molecular complexity index is 1770. The fourth-order valence-electron chi connectivity index (χ4n) is 4.59. The van der Waals surface area contributed by atoms with Gasteiger partial charge in [-0.25, -0.2) is 9.79 Å². The average molecular weight is 527 g/mol. The summed E-state index contributed by atoms with van der Waals surface area (Å²) in [5.41, 5.74) is 2.22. The third kappa shape index (κ3) is 4.06. The van der Waals surface area contributed by atoms with E-state index in [4.69, 9.17) is 19.2 Å². The Morgan fingerprint density at radius 2 is 1.87 bits per heavy atom. The summed E-state index contributed by atoms with van der Waals surface area (Å²) in [5.74, 6) is 0.613. The Hall–Kier alpha value is -4.63. The molecule has 6 rings (SSSR count). The zero-order chi connectivity index (χ0) is 26.2. The van der Waals surface area contributed by atoms with Crippen molar-refractivity contribution in [2.45, 2.75) is 13.0 Å². The highest BCUT2D eigenvalue weighted by atomic mass is 32.1. The highest BCUT2D eigenvalue weighted by molar-refractivity contribution is 7.07. The summed E-state index contributed by atoms with van der Waals surface area (Å²) < 4.78 is 18.4. The number of aromatic hydroxyl groups is 1. The molecule has 2 aliphatic rings. The first kappa shape index (κ1) is 23.7. The van der Waals surface area contributed by atoms with Crippen LogP contribution in [0.2, 0.25) is 0 Å². The molecule has 3 heterocycles. The first-order valence-electron chi connectivity index (χ1n) is 12.0. The molecule has 0 radical (unpaired) electrons. The number of esters is 1. The van der Waals surface area contributed by atoms with Gasteiger partial charge in [0.2, 0.25) is 6.79 Å². The number of benzene rings is 3. The number of fused-ring (bicyclic) bond motifs is 2. The highest BCUT2D eigenvalue weighted by Crippen LogP contribution is 2.40. The number of hydrogen-bond acceptors (Lipinski definition) is 8. The lowest BCUT2D eigenvalue weighted by Crippen LogP contribution is -2.40. The summed E-state index contributed by atoms with van der Waals surface area (Å²) >= 11 is 1.19. The maximum atomic E-state index is 13.9. The first-order chi connectivity index (χ1) is 18.5. The van der Waals surface area contributed by atoms with E-state index in [9.17, 15) is 14.7 Å². The summed E-state index contributed by atoms with van der Waals surface area (Å²) in [6.07, 6.45) is 1.63. The van der Waals surface area contributed by atoms with Gasteiger partial charge in [0.05, 0.1) is 28.5 Å². The highest BCUT2D eigenvalue weighted by Gasteiger charge is 2.36. The van der Waals surface area contributed by atoms with E-state index in [2.05, 4.69) is 0 Å². The molecule has 0 aliphatic carbocycles. The average Bonchev–Trinajstić information content (AvgIpc) is 3.53. The topological polar surface area (TPSA) is 99.4 Å². The van der Waals surface area contributed by atoms with Crippen LogP contribution in [0.4, 0.5) is 0 Å². The van der Waals surface area contributed by atoms with Crippen molar-refractivity contribution in [2.75, 3.05) is 13.4 Å². The van der Waals surface area contributed by atoms with Crippen LogP contribution in [0.1, 0.15) is 29.7 Å². The van der Waals surface area contributed by atoms with Gasteiger partial charge in [0.25, 0.3) is 5.56 Å². The smallest absolute Gasteiger partial charge is 0.338 e. The number of carbonyl (C=O) groups is 1. The molecule has 0 amide bonds. The Morgan fingerprint density at radius 3 is 2.66 bits per heavy atom. The fraction of sp³-hybridized carbons (Fsp3) is 0.138. The van der Waals surface area contributed by atoms with Crippen LogP contribution in [-0.2, 0) is 9.53 Å². The summed E-state index contributed by atoms with van der Waals surface area (Å²) in [6, 6.07) is 20.6. The van der Waals surface area contributed by atoms with Gasteiger partial charge in [-0.1, -0.05) is 65.9 Å². The molecule has 1 atom stereocenters. The minimum Gasteiger partial charge on any atom is -0.507 e. The van der Waals surface area contributed by atoms with Crippen molar-refractivity contribution in [1.82, 2.24) is 4.57 Å². The van der Waals surface area contributed by atoms with Gasteiger partial charge in [-0.15, -0.1) is 0 Å². The molecule has 8 nitrogen and oxygen atoms in total. The largest absolute Gasteiger partial charge is 0.507 e. The minimum atomic E-state index is -0.832. The molecule has 190 valence electrons. The van der Waals surface area contributed by atoms with Crippen molar-refractivity contribution in [3.63, 3.8) is 0 Å². The molecular weight excluding hydrogens is 504 g/mol. The molecule has 0 fully saturated rings. The lowest BCUT2D eigenvalue weighted by atomic mass is 9.93. The molecule has 1 aromatic heterocycles. The van der Waals surface area contributed by atoms with E-state index in [0.717, 1.165) is 5.56 Å². The lowest BCUT2D eigenvalue weighted by Gasteiger charge is -2.26. The number of phenolic OH excluding ortho intramolecular Hbond substituents is 1. The van der Waals surface area contributed by atoms with Gasteiger partial charge in [0.1, 0.15) is 5.75 Å². The van der Waals surface area contributed by atoms with Crippen molar-refractivity contribution in [1.29, 1.82) is 0 Å². The number of hydrogen-bond donors (Lipinski definition) is 1. The van der Waals surface area contributed by atoms with Crippen molar-refractivity contribution < 1.29 is 24.1 Å². The molecule has 1 N–H and O–H groups in total. The monoisotopic (exact) mass is 526 g/mol. The van der Waals surface area contributed by atoms with E-state index in [1.54, 1.807) is 49.4 Å². The van der Waals surface area contributed by atoms with Gasteiger partial charge in [-0.3, -0.25) is 9.36 Å². The predicted octanol–water partition coefficient (Wildman–Crippen LogP) is 3.37. The first-order valence-corrected chi connectivity index (χ1v) is 12.8. The summed E-state index contributed by atoms with van der Waals surface area (Å²) in [5, 5.41) is 10.3. The Balaban J connectivity index is 1.66. The predicted molar refractivity (Wildman–Crippen MR) is 142 cm³/mol. The van der Waals surface area contributed by atoms with Crippen molar-refractivity contribution in [3.8, 4) is 17.2 Å². The number of phenols is 1. The number of carbonyl (C=O) groups excluding carboxylic acids is 1. The second-order valence-corrected chi connectivity index (χ2v) is 9.61. The van der Waals surface area contributed by atoms with E-state index in [0.29, 0.717) is 37.7 Å². The van der Waals surface area contributed by atoms with Gasteiger partial charge < -0.3 is 19.3 Å². The fourth-order valence-corrected chi connectivity index (χ4v) is 5.58. The van der Waals surface area contributed by atoms with E-state index >= 15 is 0 Å². The number of nitrogens with zero attached hydrogens (tertiary/aromatic N) is 2. The standard InChI is InChI=1S/C29H22N2O6S/c1-2-35-28(34)24-25(17-8-4-3-5-9-17)30-29-31(26(24)19-12-13-21-22(14-19)37-16-36-21)27(33)23(38-29)15-18-10-6-7-11-20(18)32/h3-15,26,32H,2,16H2,1H3/b23-15+/t26-/m0/s1. The van der Waals surface area contributed by atoms with Gasteiger partial charge >= 0.3 is 5.97 Å². The van der Waals surface area contributed by atoms with Crippen LogP contribution in [-0.4, -0.2) is 29.0 Å². The van der Waals surface area contributed by atoms with E-state index < -0.39 is 12.0 Å². The van der Waals surface area contributed by atoms with Crippen LogP contribution in [0.15, 0.2) is 88.2 Å². The van der Waals surface area contributed by atoms with E-state index in [-0.39, 0.29) is 30.3 Å². The molecule has 4 aromatic rings. The number of ether oxygens (including phenoxy) is 3. The maximum absolute atomic E-state index is 13.9. The summed E-state index contributed by atoms with van der Waals surface area (Å²) in [4.78, 5) is 32.6. The van der Waals surface area contributed by atoms with E-state index in [1.165, 1.54) is 15.9 Å². The quantitative estimate of drug-likeness (QED) is 0.401. The molecule has 0 unspecified atom stereocenters. The Labute approximate surface area is 221 Å². The molecule has 3 aromatic carbocycles. The SMILES string of the molecule is CCOC(=O)C1=C(c2ccccc2)N=c2s/c(=C/c3ccccc3O)c(=O)n2[C@H]1c1ccc2c(c1)OCO2. The lowest BCUT2D eigenvalue weighted by molar-refractivity contribution is -0.138. The van der Waals surface area contributed by atoms with Crippen LogP contribution in [0, 0.1) is 0 Å². The molecule has 9 heteroatoms. The zero-order valence-corrected chi connectivity index (χ0v) is 21.1. The Kier molecular flexibility index (Phi) is 6.05. The number of aromatic nitrogens is 1. The van der Waals surface area contributed by atoms with Crippen LogP contribution >= 0.6 is 11.3 Å². The molecular formula is C29H22N2O6S. The molecule has 0 bridgehead atoms. The summed E-state index contributed by atoms with van der Waals surface area (Å²) in [6.45, 7) is 1.99. The molecule has 38 heavy (non-hydrogen) atoms. The molecule has 0 spiro atoms. The van der Waals surface area contributed by atoms with Crippen molar-refractivity contribution in [3.05, 3.63) is 115 Å². The van der Waals surface area contributed by atoms with Crippen LogP contribution in [0.25, 0.3) is 11.8 Å². The minimum absolute atomic E-state index is 0.0582. The second kappa shape index (κ2) is 9.68. The second-order valence-electron chi connectivity index (χ2n) is 8.60. The van der Waals surface area contributed by atoms with Gasteiger partial charge in [-0.05, 0) is 36.8 Å². The number of rotatable bonds is 5. The number of para-hydroxylation sites is 1. The zero-order valence-electron chi connectivity index (χ0n) is 20.3. The van der Waals surface area contributed by atoms with E-state index in [1.807, 2.05) is 36.4 Å². The summed E-state index contributed by atoms with van der Waals surface area (Å²) in [7, 11) is 0. The molecule has 0 saturated heterocycles. The number of thiazole rings is 1. The normalized spacial score (nSPS) is 16.2. The van der Waals surface area contributed by atoms with Gasteiger partial charge in [-0.2, -0.15) is 0 Å². The van der Waals surface area contributed by atoms with Crippen LogP contribution < -0.4 is 24.4 Å². The van der Waals surface area contributed by atoms with Gasteiger partial charge in [0, 0.05) is 11.1 Å². The Morgan fingerprint density at radius 1 is 1.11 bits per heavy atom. The molecule has 0 saturated carbocycles.